The zero-order valence-electron chi connectivity index (χ0n) is 15.6. The lowest BCUT2D eigenvalue weighted by molar-refractivity contribution is -0.156. The maximum atomic E-state index is 15.1. The normalized spacial score (nSPS) is 24.2. The standard InChI is InChI=1S/C18H21FN4O5/c1-4-5-6-12-15-17(21-8-20-12)23(9-22-15)18-14(19)16(27-11(3)25)13(28-18)7-26-10(2)24/h4,8-9,13-14,16,18H,1,5-7H2,2-3H3/t13-,14-,16-,18-/m1/s1. The molecule has 0 N–H and O–H groups in total. The van der Waals surface area contributed by atoms with Crippen molar-refractivity contribution in [3.63, 3.8) is 0 Å². The molecule has 9 nitrogen and oxygen atoms in total. The summed E-state index contributed by atoms with van der Waals surface area (Å²) >= 11 is 0. The summed E-state index contributed by atoms with van der Waals surface area (Å²) in [4.78, 5) is 35.2. The van der Waals surface area contributed by atoms with E-state index in [4.69, 9.17) is 14.2 Å². The topological polar surface area (TPSA) is 105 Å². The first-order valence-electron chi connectivity index (χ1n) is 8.79. The van der Waals surface area contributed by atoms with Crippen LogP contribution in [0.15, 0.2) is 25.3 Å². The maximum absolute atomic E-state index is 15.1. The lowest BCUT2D eigenvalue weighted by atomic mass is 10.1. The van der Waals surface area contributed by atoms with Gasteiger partial charge in [0.25, 0.3) is 0 Å². The molecular formula is C18H21FN4O5. The number of alkyl halides is 1. The number of carbonyl (C=O) groups is 2. The van der Waals surface area contributed by atoms with E-state index in [-0.39, 0.29) is 6.61 Å². The molecule has 0 saturated carbocycles. The summed E-state index contributed by atoms with van der Waals surface area (Å²) in [7, 11) is 0. The molecule has 0 spiro atoms. The number of rotatable bonds is 7. The van der Waals surface area contributed by atoms with Gasteiger partial charge in [0.15, 0.2) is 24.2 Å². The first-order valence-corrected chi connectivity index (χ1v) is 8.79. The molecule has 0 amide bonds. The Morgan fingerprint density at radius 1 is 1.32 bits per heavy atom. The number of fused-ring (bicyclic) bond motifs is 1. The van der Waals surface area contributed by atoms with E-state index in [1.54, 1.807) is 6.08 Å². The van der Waals surface area contributed by atoms with Crippen molar-refractivity contribution in [3.05, 3.63) is 31.0 Å². The van der Waals surface area contributed by atoms with E-state index in [2.05, 4.69) is 21.5 Å². The first kappa shape index (κ1) is 19.9. The predicted molar refractivity (Wildman–Crippen MR) is 94.8 cm³/mol. The first-order chi connectivity index (χ1) is 13.4. The Kier molecular flexibility index (Phi) is 5.98. The Morgan fingerprint density at radius 2 is 2.11 bits per heavy atom. The highest BCUT2D eigenvalue weighted by molar-refractivity contribution is 5.73. The van der Waals surface area contributed by atoms with Crippen molar-refractivity contribution in [1.29, 1.82) is 0 Å². The minimum atomic E-state index is -1.70. The Labute approximate surface area is 160 Å². The molecule has 4 atom stereocenters. The van der Waals surface area contributed by atoms with Crippen LogP contribution < -0.4 is 0 Å². The summed E-state index contributed by atoms with van der Waals surface area (Å²) in [6.07, 6.45) is 0.873. The lowest BCUT2D eigenvalue weighted by Crippen LogP contribution is -2.36. The monoisotopic (exact) mass is 392 g/mol. The molecule has 2 aromatic rings. The van der Waals surface area contributed by atoms with Crippen molar-refractivity contribution in [2.24, 2.45) is 0 Å². The Balaban J connectivity index is 1.90. The smallest absolute Gasteiger partial charge is 0.303 e. The summed E-state index contributed by atoms with van der Waals surface area (Å²) in [6, 6.07) is 0. The van der Waals surface area contributed by atoms with Gasteiger partial charge in [0, 0.05) is 13.8 Å². The fourth-order valence-electron chi connectivity index (χ4n) is 3.09. The quantitative estimate of drug-likeness (QED) is 0.518. The molecule has 10 heteroatoms. The second kappa shape index (κ2) is 8.42. The molecule has 0 unspecified atom stereocenters. The van der Waals surface area contributed by atoms with Gasteiger partial charge in [-0.15, -0.1) is 6.58 Å². The molecule has 2 aromatic heterocycles. The van der Waals surface area contributed by atoms with Gasteiger partial charge in [0.05, 0.1) is 12.0 Å². The van der Waals surface area contributed by atoms with E-state index in [9.17, 15) is 9.59 Å². The molecule has 0 radical (unpaired) electrons. The molecule has 0 aliphatic carbocycles. The molecular weight excluding hydrogens is 371 g/mol. The van der Waals surface area contributed by atoms with Gasteiger partial charge in [-0.2, -0.15) is 0 Å². The van der Waals surface area contributed by atoms with Crippen LogP contribution in [-0.2, 0) is 30.2 Å². The molecule has 1 fully saturated rings. The third-order valence-electron chi connectivity index (χ3n) is 4.31. The zero-order chi connectivity index (χ0) is 20.3. The number of halogens is 1. The number of nitrogens with zero attached hydrogens (tertiary/aromatic N) is 4. The predicted octanol–water partition coefficient (Wildman–Crippen LogP) is 1.68. The van der Waals surface area contributed by atoms with Crippen LogP contribution in [0.4, 0.5) is 4.39 Å². The molecule has 150 valence electrons. The van der Waals surface area contributed by atoms with Crippen molar-refractivity contribution in [1.82, 2.24) is 19.5 Å². The fourth-order valence-corrected chi connectivity index (χ4v) is 3.09. The van der Waals surface area contributed by atoms with Gasteiger partial charge in [-0.05, 0) is 12.8 Å². The van der Waals surface area contributed by atoms with Crippen LogP contribution in [0.25, 0.3) is 11.2 Å². The number of aryl methyl sites for hydroxylation is 1. The van der Waals surface area contributed by atoms with Gasteiger partial charge in [0.2, 0.25) is 0 Å². The Hall–Kier alpha value is -2.88. The van der Waals surface area contributed by atoms with Crippen LogP contribution in [0.2, 0.25) is 0 Å². The van der Waals surface area contributed by atoms with Crippen LogP contribution in [0.1, 0.15) is 32.2 Å². The van der Waals surface area contributed by atoms with E-state index in [1.807, 2.05) is 0 Å². The Bertz CT molecular complexity index is 886. The third-order valence-corrected chi connectivity index (χ3v) is 4.31. The number of carbonyl (C=O) groups excluding carboxylic acids is 2. The van der Waals surface area contributed by atoms with Crippen molar-refractivity contribution in [2.75, 3.05) is 6.61 Å². The molecule has 3 rings (SSSR count). The van der Waals surface area contributed by atoms with Gasteiger partial charge in [-0.1, -0.05) is 6.08 Å². The number of hydrogen-bond donors (Lipinski definition) is 0. The van der Waals surface area contributed by atoms with E-state index < -0.39 is 36.5 Å². The maximum Gasteiger partial charge on any atom is 0.303 e. The van der Waals surface area contributed by atoms with Crippen molar-refractivity contribution in [3.8, 4) is 0 Å². The third kappa shape index (κ3) is 4.01. The van der Waals surface area contributed by atoms with Gasteiger partial charge < -0.3 is 14.2 Å². The highest BCUT2D eigenvalue weighted by atomic mass is 19.1. The summed E-state index contributed by atoms with van der Waals surface area (Å²) in [5.41, 5.74) is 1.65. The van der Waals surface area contributed by atoms with Crippen molar-refractivity contribution < 1.29 is 28.2 Å². The van der Waals surface area contributed by atoms with Gasteiger partial charge >= 0.3 is 11.9 Å². The van der Waals surface area contributed by atoms with Crippen molar-refractivity contribution in [2.45, 2.75) is 51.3 Å². The second-order valence-corrected chi connectivity index (χ2v) is 6.36. The largest absolute Gasteiger partial charge is 0.463 e. The van der Waals surface area contributed by atoms with E-state index in [0.29, 0.717) is 29.7 Å². The Morgan fingerprint density at radius 3 is 2.79 bits per heavy atom. The van der Waals surface area contributed by atoms with Crippen LogP contribution in [-0.4, -0.2) is 56.4 Å². The molecule has 0 bridgehead atoms. The molecule has 28 heavy (non-hydrogen) atoms. The van der Waals surface area contributed by atoms with Crippen molar-refractivity contribution >= 4 is 23.1 Å². The molecule has 3 heterocycles. The summed E-state index contributed by atoms with van der Waals surface area (Å²) in [6.45, 7) is 5.85. The lowest BCUT2D eigenvalue weighted by Gasteiger charge is -2.18. The zero-order valence-corrected chi connectivity index (χ0v) is 15.6. The summed E-state index contributed by atoms with van der Waals surface area (Å²) in [5.74, 6) is -1.20. The van der Waals surface area contributed by atoms with E-state index in [1.165, 1.54) is 31.1 Å². The molecule has 1 aliphatic rings. The number of esters is 2. The number of aromatic nitrogens is 4. The molecule has 1 saturated heterocycles. The van der Waals surface area contributed by atoms with Crippen LogP contribution in [0, 0.1) is 0 Å². The fraction of sp³-hybridized carbons (Fsp3) is 0.500. The minimum Gasteiger partial charge on any atom is -0.463 e. The average molecular weight is 392 g/mol. The van der Waals surface area contributed by atoms with Gasteiger partial charge in [-0.25, -0.2) is 19.3 Å². The highest BCUT2D eigenvalue weighted by Crippen LogP contribution is 2.35. The number of hydrogen-bond acceptors (Lipinski definition) is 8. The number of imidazole rings is 1. The number of ether oxygens (including phenoxy) is 3. The molecule has 0 aromatic carbocycles. The van der Waals surface area contributed by atoms with Crippen LogP contribution in [0.3, 0.4) is 0 Å². The van der Waals surface area contributed by atoms with E-state index in [0.717, 1.165) is 0 Å². The highest BCUT2D eigenvalue weighted by Gasteiger charge is 2.49. The molecule has 1 aliphatic heterocycles. The van der Waals surface area contributed by atoms with Crippen LogP contribution >= 0.6 is 0 Å². The summed E-state index contributed by atoms with van der Waals surface area (Å²) < 4.78 is 32.3. The SMILES string of the molecule is C=CCCc1ncnc2c1ncn2[C@@H]1O[C@H](COC(C)=O)[C@@H](OC(C)=O)[C@H]1F. The van der Waals surface area contributed by atoms with Gasteiger partial charge in [-0.3, -0.25) is 14.2 Å². The van der Waals surface area contributed by atoms with E-state index >= 15 is 4.39 Å². The second-order valence-electron chi connectivity index (χ2n) is 6.36. The van der Waals surface area contributed by atoms with Gasteiger partial charge in [0.1, 0.15) is 24.6 Å². The number of allylic oxidation sites excluding steroid dienone is 1. The summed E-state index contributed by atoms with van der Waals surface area (Å²) in [5, 5.41) is 0. The average Bonchev–Trinajstić information content (AvgIpc) is 3.20. The van der Waals surface area contributed by atoms with Crippen LogP contribution in [0.5, 0.6) is 0 Å². The minimum absolute atomic E-state index is 0.240.